The molecule has 3 aromatic heterocycles. The summed E-state index contributed by atoms with van der Waals surface area (Å²) >= 11 is 0. The first-order valence-electron chi connectivity index (χ1n) is 15.3. The van der Waals surface area contributed by atoms with Crippen molar-refractivity contribution < 1.29 is 0 Å². The van der Waals surface area contributed by atoms with Crippen LogP contribution in [0.15, 0.2) is 133 Å². The van der Waals surface area contributed by atoms with E-state index in [1.54, 1.807) is 0 Å². The minimum absolute atomic E-state index is 0.184. The number of hydrogen-bond acceptors (Lipinski definition) is 1. The van der Waals surface area contributed by atoms with Crippen LogP contribution in [0.3, 0.4) is 0 Å². The molecule has 10 rings (SSSR count). The van der Waals surface area contributed by atoms with Gasteiger partial charge in [-0.1, -0.05) is 78.9 Å². The number of para-hydroxylation sites is 5. The summed E-state index contributed by atoms with van der Waals surface area (Å²) in [5.41, 5.74) is 11.6. The molecule has 0 unspecified atom stereocenters. The molecule has 0 saturated heterocycles. The zero-order valence-electron chi connectivity index (χ0n) is 24.5. The van der Waals surface area contributed by atoms with E-state index in [-0.39, 0.29) is 5.41 Å². The average Bonchev–Trinajstić information content (AvgIpc) is 3.77. The second-order valence-corrected chi connectivity index (χ2v) is 12.5. The molecule has 4 heterocycles. The molecule has 0 atom stereocenters. The molecule has 0 aliphatic carbocycles. The van der Waals surface area contributed by atoms with Gasteiger partial charge in [-0.2, -0.15) is 0 Å². The zero-order valence-corrected chi connectivity index (χ0v) is 24.5. The average molecular weight is 565 g/mol. The number of rotatable bonds is 2. The van der Waals surface area contributed by atoms with Crippen molar-refractivity contribution in [3.63, 3.8) is 0 Å². The van der Waals surface area contributed by atoms with Gasteiger partial charge in [0.25, 0.3) is 0 Å². The van der Waals surface area contributed by atoms with E-state index in [4.69, 9.17) is 4.98 Å². The van der Waals surface area contributed by atoms with E-state index in [0.29, 0.717) is 0 Å². The lowest BCUT2D eigenvalue weighted by Gasteiger charge is -2.17. The summed E-state index contributed by atoms with van der Waals surface area (Å²) in [5.74, 6) is 1.09. The fraction of sp³-hybridized carbons (Fsp3) is 0.0750. The lowest BCUT2D eigenvalue weighted by atomic mass is 9.86. The normalized spacial score (nSPS) is 13.9. The van der Waals surface area contributed by atoms with Crippen molar-refractivity contribution in [2.24, 2.45) is 0 Å². The molecule has 0 amide bonds. The third-order valence-corrected chi connectivity index (χ3v) is 9.76. The van der Waals surface area contributed by atoms with Gasteiger partial charge in [0.1, 0.15) is 11.3 Å². The van der Waals surface area contributed by atoms with Gasteiger partial charge < -0.3 is 9.13 Å². The minimum atomic E-state index is -0.184. The van der Waals surface area contributed by atoms with Gasteiger partial charge in [0.05, 0.1) is 44.4 Å². The first-order chi connectivity index (χ1) is 21.6. The van der Waals surface area contributed by atoms with Gasteiger partial charge in [-0.15, -0.1) is 0 Å². The summed E-state index contributed by atoms with van der Waals surface area (Å²) < 4.78 is 7.20. The summed E-state index contributed by atoms with van der Waals surface area (Å²) in [5, 5.41) is 5.02. The smallest absolute Gasteiger partial charge is 0.124 e. The first-order valence-corrected chi connectivity index (χ1v) is 15.3. The van der Waals surface area contributed by atoms with Crippen molar-refractivity contribution in [1.29, 1.82) is 0 Å². The summed E-state index contributed by atoms with van der Waals surface area (Å²) in [4.78, 5) is 5.43. The van der Waals surface area contributed by atoms with Crippen molar-refractivity contribution in [2.45, 2.75) is 19.3 Å². The van der Waals surface area contributed by atoms with Crippen LogP contribution >= 0.6 is 0 Å². The van der Waals surface area contributed by atoms with Gasteiger partial charge in [0.2, 0.25) is 0 Å². The number of aromatic nitrogens is 4. The topological polar surface area (TPSA) is 27.7 Å². The Morgan fingerprint density at radius 2 is 1.05 bits per heavy atom. The van der Waals surface area contributed by atoms with E-state index in [1.807, 2.05) is 0 Å². The maximum Gasteiger partial charge on any atom is 0.124 e. The second-order valence-electron chi connectivity index (χ2n) is 12.5. The number of hydrogen-bond donors (Lipinski definition) is 0. The van der Waals surface area contributed by atoms with E-state index in [2.05, 4.69) is 161 Å². The molecule has 1 aliphatic rings. The molecule has 4 nitrogen and oxygen atoms in total. The maximum absolute atomic E-state index is 5.43. The Bertz CT molecular complexity index is 2630. The zero-order chi connectivity index (χ0) is 29.2. The summed E-state index contributed by atoms with van der Waals surface area (Å²) in [6.07, 6.45) is 0. The summed E-state index contributed by atoms with van der Waals surface area (Å²) in [6, 6.07) is 48.4. The lowest BCUT2D eigenvalue weighted by Crippen LogP contribution is -2.16. The SMILES string of the molecule is CC1(C)c2ccccc2-n2c1nc1c(-n3c4ccccc4c4cc5c6ccccc6n(-c6ccccc6)c5cc43)cccc12. The van der Waals surface area contributed by atoms with Gasteiger partial charge in [0, 0.05) is 27.2 Å². The van der Waals surface area contributed by atoms with Crippen molar-refractivity contribution in [3.05, 3.63) is 145 Å². The Morgan fingerprint density at radius 1 is 0.455 bits per heavy atom. The van der Waals surface area contributed by atoms with Crippen LogP contribution in [0.2, 0.25) is 0 Å². The molecule has 4 heteroatoms. The highest BCUT2D eigenvalue weighted by Gasteiger charge is 2.39. The van der Waals surface area contributed by atoms with Crippen LogP contribution in [0.4, 0.5) is 0 Å². The van der Waals surface area contributed by atoms with E-state index in [9.17, 15) is 0 Å². The minimum Gasteiger partial charge on any atom is -0.309 e. The van der Waals surface area contributed by atoms with Gasteiger partial charge >= 0.3 is 0 Å². The van der Waals surface area contributed by atoms with Gasteiger partial charge in [-0.05, 0) is 74.0 Å². The first kappa shape index (κ1) is 23.9. The van der Waals surface area contributed by atoms with Crippen LogP contribution < -0.4 is 0 Å². The maximum atomic E-state index is 5.43. The largest absolute Gasteiger partial charge is 0.309 e. The Balaban J connectivity index is 1.35. The van der Waals surface area contributed by atoms with E-state index in [0.717, 1.165) is 28.2 Å². The van der Waals surface area contributed by atoms with Crippen molar-refractivity contribution >= 4 is 54.6 Å². The Kier molecular flexibility index (Phi) is 4.49. The molecule has 0 N–H and O–H groups in total. The molecular weight excluding hydrogens is 536 g/mol. The molecule has 44 heavy (non-hydrogen) atoms. The predicted octanol–water partition coefficient (Wildman–Crippen LogP) is 9.86. The molecule has 208 valence electrons. The third-order valence-electron chi connectivity index (χ3n) is 9.76. The predicted molar refractivity (Wildman–Crippen MR) is 182 cm³/mol. The van der Waals surface area contributed by atoms with Crippen molar-refractivity contribution in [1.82, 2.24) is 18.7 Å². The van der Waals surface area contributed by atoms with E-state index >= 15 is 0 Å². The Morgan fingerprint density at radius 3 is 1.82 bits per heavy atom. The van der Waals surface area contributed by atoms with Gasteiger partial charge in [-0.3, -0.25) is 4.57 Å². The Hall–Kier alpha value is -5.61. The van der Waals surface area contributed by atoms with Gasteiger partial charge in [-0.25, -0.2) is 4.98 Å². The van der Waals surface area contributed by atoms with Crippen molar-refractivity contribution in [2.75, 3.05) is 0 Å². The molecule has 9 aromatic rings. The van der Waals surface area contributed by atoms with Gasteiger partial charge in [0.15, 0.2) is 0 Å². The van der Waals surface area contributed by atoms with Crippen LogP contribution in [0.1, 0.15) is 25.2 Å². The highest BCUT2D eigenvalue weighted by Crippen LogP contribution is 2.46. The number of imidazole rings is 1. The lowest BCUT2D eigenvalue weighted by molar-refractivity contribution is 0.621. The standard InChI is InChI=1S/C40H28N4/c1-40(2)30-17-8-11-20-33(30)44-35-22-12-21-34(38(35)41-39(40)44)43-32-19-10-7-16-27(32)29-23-28-26-15-6-9-18-31(26)42(36(28)24-37(29)43)25-13-4-3-5-14-25/h3-24H,1-2H3. The quantitative estimate of drug-likeness (QED) is 0.205. The fourth-order valence-electron chi connectivity index (χ4n) is 7.79. The fourth-order valence-corrected chi connectivity index (χ4v) is 7.79. The van der Waals surface area contributed by atoms with E-state index < -0.39 is 0 Å². The van der Waals surface area contributed by atoms with E-state index in [1.165, 1.54) is 54.9 Å². The number of nitrogens with zero attached hydrogens (tertiary/aromatic N) is 4. The molecular formula is C40H28N4. The molecule has 0 saturated carbocycles. The Labute approximate surface area is 254 Å². The second kappa shape index (κ2) is 8.27. The number of benzene rings is 6. The van der Waals surface area contributed by atoms with Crippen LogP contribution in [0.5, 0.6) is 0 Å². The van der Waals surface area contributed by atoms with Crippen LogP contribution in [0.25, 0.3) is 71.7 Å². The molecule has 0 spiro atoms. The third kappa shape index (κ3) is 2.90. The van der Waals surface area contributed by atoms with Crippen LogP contribution in [-0.4, -0.2) is 18.7 Å². The van der Waals surface area contributed by atoms with Crippen molar-refractivity contribution in [3.8, 4) is 17.1 Å². The monoisotopic (exact) mass is 564 g/mol. The molecule has 1 aliphatic heterocycles. The van der Waals surface area contributed by atoms with Crippen LogP contribution in [0, 0.1) is 0 Å². The molecule has 6 aromatic carbocycles. The highest BCUT2D eigenvalue weighted by atomic mass is 15.1. The molecule has 0 fully saturated rings. The molecule has 0 radical (unpaired) electrons. The summed E-state index contributed by atoms with van der Waals surface area (Å²) in [7, 11) is 0. The highest BCUT2D eigenvalue weighted by molar-refractivity contribution is 6.19. The summed E-state index contributed by atoms with van der Waals surface area (Å²) in [6.45, 7) is 4.58. The molecule has 0 bridgehead atoms. The van der Waals surface area contributed by atoms with Crippen LogP contribution in [-0.2, 0) is 5.41 Å². The number of fused-ring (bicyclic) bond motifs is 11.